The number of carboxylic acid groups (broad SMARTS) is 1. The zero-order chi connectivity index (χ0) is 23.4. The smallest absolute Gasteiger partial charge is 0.337 e. The molecule has 3 N–H and O–H groups in total. The molecule has 170 valence electrons. The third-order valence-electron chi connectivity index (χ3n) is 6.56. The highest BCUT2D eigenvalue weighted by molar-refractivity contribution is 7.10. The number of aromatic amines is 1. The highest BCUT2D eigenvalue weighted by Gasteiger charge is 2.42. The Kier molecular flexibility index (Phi) is 4.73. The summed E-state index contributed by atoms with van der Waals surface area (Å²) in [5.74, 6) is 0.113. The summed E-state index contributed by atoms with van der Waals surface area (Å²) in [7, 11) is 0. The molecule has 8 nitrogen and oxygen atoms in total. The summed E-state index contributed by atoms with van der Waals surface area (Å²) in [5.41, 5.74) is 3.72. The molecule has 4 aromatic rings. The van der Waals surface area contributed by atoms with Crippen LogP contribution in [-0.2, 0) is 4.79 Å². The number of carbonyl (C=O) groups is 2. The molecule has 2 aliphatic rings. The van der Waals surface area contributed by atoms with Crippen molar-refractivity contribution in [3.8, 4) is 5.69 Å². The van der Waals surface area contributed by atoms with Crippen molar-refractivity contribution in [2.45, 2.75) is 31.6 Å². The van der Waals surface area contributed by atoms with E-state index in [9.17, 15) is 14.7 Å². The second-order valence-corrected chi connectivity index (χ2v) is 9.53. The van der Waals surface area contributed by atoms with Crippen LogP contribution in [0.25, 0.3) is 5.69 Å². The highest BCUT2D eigenvalue weighted by atomic mass is 32.1. The van der Waals surface area contributed by atoms with E-state index >= 15 is 0 Å². The van der Waals surface area contributed by atoms with E-state index < -0.39 is 11.9 Å². The van der Waals surface area contributed by atoms with Gasteiger partial charge in [0, 0.05) is 46.4 Å². The fourth-order valence-electron chi connectivity index (χ4n) is 5.12. The molecule has 3 aromatic heterocycles. The molecule has 1 aromatic carbocycles. The average Bonchev–Trinajstić information content (AvgIpc) is 3.60. The second-order valence-electron chi connectivity index (χ2n) is 8.55. The van der Waals surface area contributed by atoms with Crippen molar-refractivity contribution in [3.63, 3.8) is 0 Å². The summed E-state index contributed by atoms with van der Waals surface area (Å²) in [6, 6.07) is 10.9. The molecule has 1 aliphatic carbocycles. The number of Topliss-reactive ketones (excluding diaryl/α,β-unsaturated/α-hetero) is 1. The number of imidazole rings is 1. The normalized spacial score (nSPS) is 19.5. The van der Waals surface area contributed by atoms with Crippen LogP contribution in [0.2, 0.25) is 0 Å². The molecule has 0 fully saturated rings. The van der Waals surface area contributed by atoms with E-state index in [0.29, 0.717) is 41.4 Å². The van der Waals surface area contributed by atoms with Gasteiger partial charge in [0.15, 0.2) is 5.78 Å². The SMILES string of the molecule is Cc1nn(-c2ccccc2C(=O)O)c2c1[C@@H](c1ncc[nH]1)C1=C(C[C@@H](c3cccs3)CC1=O)N2. The maximum Gasteiger partial charge on any atom is 0.337 e. The molecule has 4 heterocycles. The molecule has 6 rings (SSSR count). The molecule has 34 heavy (non-hydrogen) atoms. The van der Waals surface area contributed by atoms with E-state index in [0.717, 1.165) is 11.3 Å². The lowest BCUT2D eigenvalue weighted by molar-refractivity contribution is -0.116. The van der Waals surface area contributed by atoms with Crippen LogP contribution in [-0.4, -0.2) is 36.6 Å². The van der Waals surface area contributed by atoms with Gasteiger partial charge in [-0.3, -0.25) is 4.79 Å². The van der Waals surface area contributed by atoms with Crippen LogP contribution < -0.4 is 5.32 Å². The number of para-hydroxylation sites is 1. The summed E-state index contributed by atoms with van der Waals surface area (Å²) in [6.07, 6.45) is 4.56. The zero-order valence-electron chi connectivity index (χ0n) is 18.3. The van der Waals surface area contributed by atoms with Crippen molar-refractivity contribution in [1.29, 1.82) is 0 Å². The number of nitrogens with one attached hydrogen (secondary N) is 2. The Labute approximate surface area is 199 Å². The summed E-state index contributed by atoms with van der Waals surface area (Å²) in [5, 5.41) is 20.0. The summed E-state index contributed by atoms with van der Waals surface area (Å²) < 4.78 is 1.65. The number of allylic oxidation sites excluding steroid dienone is 2. The first kappa shape index (κ1) is 20.6. The maximum absolute atomic E-state index is 13.5. The number of thiophene rings is 1. The lowest BCUT2D eigenvalue weighted by Gasteiger charge is -2.34. The molecule has 1 aliphatic heterocycles. The molecule has 0 spiro atoms. The van der Waals surface area contributed by atoms with Crippen LogP contribution in [0.1, 0.15) is 57.0 Å². The number of ketones is 1. The quantitative estimate of drug-likeness (QED) is 0.400. The first-order chi connectivity index (χ1) is 16.5. The number of carboxylic acids is 1. The summed E-state index contributed by atoms with van der Waals surface area (Å²) >= 11 is 1.66. The topological polar surface area (TPSA) is 113 Å². The molecule has 0 amide bonds. The number of hydrogen-bond acceptors (Lipinski definition) is 6. The molecule has 0 saturated carbocycles. The minimum Gasteiger partial charge on any atom is -0.478 e. The first-order valence-electron chi connectivity index (χ1n) is 11.0. The number of hydrogen-bond donors (Lipinski definition) is 3. The van der Waals surface area contributed by atoms with Crippen LogP contribution in [0.15, 0.2) is 65.4 Å². The number of carbonyl (C=O) groups excluding carboxylic acids is 1. The Bertz CT molecular complexity index is 1450. The van der Waals surface area contributed by atoms with Crippen LogP contribution in [0.4, 0.5) is 5.82 Å². The minimum atomic E-state index is -1.03. The lowest BCUT2D eigenvalue weighted by atomic mass is 9.75. The number of rotatable bonds is 4. The molecular weight excluding hydrogens is 450 g/mol. The van der Waals surface area contributed by atoms with Crippen molar-refractivity contribution in [3.05, 3.63) is 93.0 Å². The van der Waals surface area contributed by atoms with E-state index in [-0.39, 0.29) is 17.3 Å². The van der Waals surface area contributed by atoms with Crippen molar-refractivity contribution in [2.75, 3.05) is 5.32 Å². The van der Waals surface area contributed by atoms with Gasteiger partial charge in [0.2, 0.25) is 0 Å². The predicted octanol–water partition coefficient (Wildman–Crippen LogP) is 4.62. The molecule has 0 unspecified atom stereocenters. The van der Waals surface area contributed by atoms with Crippen molar-refractivity contribution in [1.82, 2.24) is 19.7 Å². The van der Waals surface area contributed by atoms with Gasteiger partial charge in [0.1, 0.15) is 11.6 Å². The Morgan fingerprint density at radius 3 is 2.79 bits per heavy atom. The van der Waals surface area contributed by atoms with Crippen LogP contribution in [0, 0.1) is 6.92 Å². The Hall–Kier alpha value is -3.98. The largest absolute Gasteiger partial charge is 0.478 e. The van der Waals surface area contributed by atoms with E-state index in [1.54, 1.807) is 52.7 Å². The fourth-order valence-corrected chi connectivity index (χ4v) is 5.95. The third kappa shape index (κ3) is 3.12. The number of aromatic nitrogens is 4. The van der Waals surface area contributed by atoms with Crippen molar-refractivity contribution < 1.29 is 14.7 Å². The zero-order valence-corrected chi connectivity index (χ0v) is 19.1. The van der Waals surface area contributed by atoms with E-state index in [1.165, 1.54) is 4.88 Å². The van der Waals surface area contributed by atoms with Gasteiger partial charge in [0.25, 0.3) is 0 Å². The van der Waals surface area contributed by atoms with Crippen LogP contribution in [0.5, 0.6) is 0 Å². The van der Waals surface area contributed by atoms with E-state index in [4.69, 9.17) is 5.10 Å². The minimum absolute atomic E-state index is 0.0947. The highest BCUT2D eigenvalue weighted by Crippen LogP contribution is 2.49. The number of aryl methyl sites for hydroxylation is 1. The number of nitrogens with zero attached hydrogens (tertiary/aromatic N) is 3. The molecule has 0 radical (unpaired) electrons. The third-order valence-corrected chi connectivity index (χ3v) is 7.60. The average molecular weight is 472 g/mol. The molecular formula is C25H21N5O3S. The molecule has 9 heteroatoms. The Morgan fingerprint density at radius 1 is 1.21 bits per heavy atom. The van der Waals surface area contributed by atoms with Gasteiger partial charge in [-0.1, -0.05) is 18.2 Å². The van der Waals surface area contributed by atoms with Gasteiger partial charge >= 0.3 is 5.97 Å². The fraction of sp³-hybridized carbons (Fsp3) is 0.200. The van der Waals surface area contributed by atoms with Crippen molar-refractivity contribution >= 4 is 28.9 Å². The van der Waals surface area contributed by atoms with E-state index in [1.807, 2.05) is 18.4 Å². The number of H-pyrrole nitrogens is 1. The molecule has 0 bridgehead atoms. The van der Waals surface area contributed by atoms with Gasteiger partial charge in [-0.05, 0) is 36.9 Å². The lowest BCUT2D eigenvalue weighted by Crippen LogP contribution is -2.30. The number of fused-ring (bicyclic) bond motifs is 1. The number of anilines is 1. The number of aromatic carboxylic acids is 1. The van der Waals surface area contributed by atoms with Crippen molar-refractivity contribution in [2.24, 2.45) is 0 Å². The maximum atomic E-state index is 13.5. The van der Waals surface area contributed by atoms with Crippen LogP contribution >= 0.6 is 11.3 Å². The second kappa shape index (κ2) is 7.81. The van der Waals surface area contributed by atoms with Gasteiger partial charge in [-0.2, -0.15) is 5.10 Å². The first-order valence-corrected chi connectivity index (χ1v) is 11.9. The summed E-state index contributed by atoms with van der Waals surface area (Å²) in [6.45, 7) is 1.88. The van der Waals surface area contributed by atoms with Gasteiger partial charge in [-0.15, -0.1) is 11.3 Å². The Morgan fingerprint density at radius 2 is 2.06 bits per heavy atom. The number of benzene rings is 1. The predicted molar refractivity (Wildman–Crippen MR) is 128 cm³/mol. The molecule has 0 saturated heterocycles. The Balaban J connectivity index is 1.55. The van der Waals surface area contributed by atoms with Gasteiger partial charge < -0.3 is 15.4 Å². The van der Waals surface area contributed by atoms with Gasteiger partial charge in [0.05, 0.1) is 22.9 Å². The summed E-state index contributed by atoms with van der Waals surface area (Å²) in [4.78, 5) is 34.4. The monoisotopic (exact) mass is 471 g/mol. The molecule has 2 atom stereocenters. The van der Waals surface area contributed by atoms with E-state index in [2.05, 4.69) is 21.4 Å². The van der Waals surface area contributed by atoms with Crippen LogP contribution in [0.3, 0.4) is 0 Å². The standard InChI is InChI=1S/C25H21N5O3S/c1-13-20-22(23-26-8-9-27-23)21-16(11-14(12-18(21)31)19-7-4-10-34-19)28-24(20)30(29-13)17-6-3-2-5-15(17)25(32)33/h2-10,14,22,28H,11-12H2,1H3,(H,26,27)(H,32,33)/t14-,22-/m1/s1. The van der Waals surface area contributed by atoms with Gasteiger partial charge in [-0.25, -0.2) is 14.5 Å².